The van der Waals surface area contributed by atoms with E-state index in [0.717, 1.165) is 29.6 Å². The highest BCUT2D eigenvalue weighted by atomic mass is 16.5. The number of hydrogen-bond donors (Lipinski definition) is 2. The topological polar surface area (TPSA) is 66.7 Å². The normalized spacial score (nSPS) is 12.3. The Balaban J connectivity index is 2.02. The first-order valence-corrected chi connectivity index (χ1v) is 7.83. The summed E-state index contributed by atoms with van der Waals surface area (Å²) >= 11 is 0. The van der Waals surface area contributed by atoms with Crippen LogP contribution in [0.3, 0.4) is 0 Å². The largest absolute Gasteiger partial charge is 0.389 e. The van der Waals surface area contributed by atoms with Gasteiger partial charge in [-0.15, -0.1) is 0 Å². The number of anilines is 1. The number of ether oxygens (including phenoxy) is 1. The number of hydrogen-bond acceptors (Lipinski definition) is 3. The Hall–Kier alpha value is -2.05. The van der Waals surface area contributed by atoms with Crippen molar-refractivity contribution in [1.82, 2.24) is 9.47 Å². The standard InChI is InChI=1S/C17H25N3O3/c1-4-8-20-9-7-13-10-14(5-6-16(13)20)18-17(22)19(2)11-15(21)12-23-3/h5-7,9-10,15,21H,4,8,11-12H2,1-3H3,(H,18,22). The molecule has 6 heteroatoms. The third-order valence-electron chi connectivity index (χ3n) is 3.68. The fourth-order valence-corrected chi connectivity index (χ4v) is 2.58. The van der Waals surface area contributed by atoms with Crippen molar-refractivity contribution in [3.05, 3.63) is 30.5 Å². The summed E-state index contributed by atoms with van der Waals surface area (Å²) in [6.45, 7) is 3.55. The van der Waals surface area contributed by atoms with E-state index in [2.05, 4.69) is 23.0 Å². The number of rotatable bonds is 7. The first-order valence-electron chi connectivity index (χ1n) is 7.83. The van der Waals surface area contributed by atoms with Gasteiger partial charge in [0.15, 0.2) is 0 Å². The molecule has 1 atom stereocenters. The van der Waals surface area contributed by atoms with Gasteiger partial charge in [-0.1, -0.05) is 6.92 Å². The van der Waals surface area contributed by atoms with Crippen LogP contribution >= 0.6 is 0 Å². The van der Waals surface area contributed by atoms with Crippen molar-refractivity contribution in [2.75, 3.05) is 32.6 Å². The van der Waals surface area contributed by atoms with Crippen molar-refractivity contribution in [2.45, 2.75) is 26.0 Å². The number of fused-ring (bicyclic) bond motifs is 1. The van der Waals surface area contributed by atoms with E-state index in [1.807, 2.05) is 24.3 Å². The molecule has 0 saturated heterocycles. The lowest BCUT2D eigenvalue weighted by atomic mass is 10.2. The number of carbonyl (C=O) groups excluding carboxylic acids is 1. The fraction of sp³-hybridized carbons (Fsp3) is 0.471. The summed E-state index contributed by atoms with van der Waals surface area (Å²) in [5.41, 5.74) is 1.90. The molecule has 2 N–H and O–H groups in total. The lowest BCUT2D eigenvalue weighted by molar-refractivity contribution is 0.0501. The summed E-state index contributed by atoms with van der Waals surface area (Å²) in [4.78, 5) is 13.6. The van der Waals surface area contributed by atoms with Crippen LogP contribution in [-0.2, 0) is 11.3 Å². The maximum Gasteiger partial charge on any atom is 0.321 e. The van der Waals surface area contributed by atoms with Crippen molar-refractivity contribution in [2.24, 2.45) is 0 Å². The molecule has 1 heterocycles. The summed E-state index contributed by atoms with van der Waals surface area (Å²) in [5, 5.41) is 13.6. The Kier molecular flexibility index (Phi) is 6.01. The van der Waals surface area contributed by atoms with E-state index in [1.165, 1.54) is 12.0 Å². The van der Waals surface area contributed by atoms with Crippen LogP contribution in [0.4, 0.5) is 10.5 Å². The molecule has 23 heavy (non-hydrogen) atoms. The van der Waals surface area contributed by atoms with Crippen molar-refractivity contribution >= 4 is 22.6 Å². The molecule has 126 valence electrons. The van der Waals surface area contributed by atoms with Gasteiger partial charge in [0.1, 0.15) is 0 Å². The second-order valence-electron chi connectivity index (χ2n) is 5.70. The molecular formula is C17H25N3O3. The Morgan fingerprint density at radius 2 is 2.22 bits per heavy atom. The predicted octanol–water partition coefficient (Wildman–Crippen LogP) is 2.52. The third-order valence-corrected chi connectivity index (χ3v) is 3.68. The van der Waals surface area contributed by atoms with E-state index in [-0.39, 0.29) is 19.2 Å². The molecule has 0 fully saturated rings. The van der Waals surface area contributed by atoms with Crippen molar-refractivity contribution in [3.63, 3.8) is 0 Å². The first-order chi connectivity index (χ1) is 11.0. The number of aromatic nitrogens is 1. The minimum Gasteiger partial charge on any atom is -0.389 e. The first kappa shape index (κ1) is 17.3. The summed E-state index contributed by atoms with van der Waals surface area (Å²) in [5.74, 6) is 0. The lowest BCUT2D eigenvalue weighted by Gasteiger charge is -2.21. The van der Waals surface area contributed by atoms with Gasteiger partial charge in [-0.25, -0.2) is 4.79 Å². The molecule has 0 aliphatic rings. The number of methoxy groups -OCH3 is 1. The summed E-state index contributed by atoms with van der Waals surface area (Å²) < 4.78 is 7.06. The average molecular weight is 319 g/mol. The minimum atomic E-state index is -0.693. The second-order valence-corrected chi connectivity index (χ2v) is 5.70. The monoisotopic (exact) mass is 319 g/mol. The SMILES string of the molecule is CCCn1ccc2cc(NC(=O)N(C)CC(O)COC)ccc21. The maximum absolute atomic E-state index is 12.2. The zero-order valence-electron chi connectivity index (χ0n) is 14.0. The van der Waals surface area contributed by atoms with E-state index >= 15 is 0 Å². The molecular weight excluding hydrogens is 294 g/mol. The van der Waals surface area contributed by atoms with Crippen LogP contribution in [0.5, 0.6) is 0 Å². The van der Waals surface area contributed by atoms with Gasteiger partial charge in [0, 0.05) is 43.5 Å². The Bertz CT molecular complexity index is 654. The zero-order valence-corrected chi connectivity index (χ0v) is 14.0. The zero-order chi connectivity index (χ0) is 16.8. The van der Waals surface area contributed by atoms with Gasteiger partial charge in [0.2, 0.25) is 0 Å². The number of likely N-dealkylation sites (N-methyl/N-ethyl adjacent to an activating group) is 1. The van der Waals surface area contributed by atoms with Crippen molar-refractivity contribution < 1.29 is 14.6 Å². The van der Waals surface area contributed by atoms with Crippen molar-refractivity contribution in [1.29, 1.82) is 0 Å². The minimum absolute atomic E-state index is 0.203. The average Bonchev–Trinajstić information content (AvgIpc) is 2.90. The number of amides is 2. The van der Waals surface area contributed by atoms with E-state index < -0.39 is 6.10 Å². The number of carbonyl (C=O) groups is 1. The molecule has 0 saturated carbocycles. The highest BCUT2D eigenvalue weighted by Crippen LogP contribution is 2.21. The summed E-state index contributed by atoms with van der Waals surface area (Å²) in [6, 6.07) is 7.66. The number of benzene rings is 1. The predicted molar refractivity (Wildman–Crippen MR) is 91.8 cm³/mol. The quantitative estimate of drug-likeness (QED) is 0.824. The molecule has 0 spiro atoms. The molecule has 0 radical (unpaired) electrons. The molecule has 0 aliphatic carbocycles. The number of nitrogens with one attached hydrogen (secondary N) is 1. The van der Waals surface area contributed by atoms with Gasteiger partial charge in [0.25, 0.3) is 0 Å². The Morgan fingerprint density at radius 1 is 1.43 bits per heavy atom. The van der Waals surface area contributed by atoms with Crippen LogP contribution in [0.2, 0.25) is 0 Å². The van der Waals surface area contributed by atoms with Crippen LogP contribution in [0.25, 0.3) is 10.9 Å². The summed E-state index contributed by atoms with van der Waals surface area (Å²) in [7, 11) is 3.16. The molecule has 0 bridgehead atoms. The number of urea groups is 1. The van der Waals surface area contributed by atoms with Crippen LogP contribution in [0.1, 0.15) is 13.3 Å². The highest BCUT2D eigenvalue weighted by Gasteiger charge is 2.14. The number of nitrogens with zero attached hydrogens (tertiary/aromatic N) is 2. The van der Waals surface area contributed by atoms with Gasteiger partial charge >= 0.3 is 6.03 Å². The van der Waals surface area contributed by atoms with Gasteiger partial charge in [-0.3, -0.25) is 0 Å². The lowest BCUT2D eigenvalue weighted by Crippen LogP contribution is -2.38. The molecule has 2 rings (SSSR count). The number of aliphatic hydroxyl groups excluding tert-OH is 1. The number of aliphatic hydroxyl groups is 1. The molecule has 2 aromatic rings. The Labute approximate surface area is 136 Å². The van der Waals surface area contributed by atoms with Gasteiger partial charge < -0.3 is 24.6 Å². The van der Waals surface area contributed by atoms with Gasteiger partial charge in [0.05, 0.1) is 19.3 Å². The van der Waals surface area contributed by atoms with Crippen LogP contribution < -0.4 is 5.32 Å². The third kappa shape index (κ3) is 4.46. The molecule has 1 aromatic heterocycles. The molecule has 1 aromatic carbocycles. The molecule has 1 unspecified atom stereocenters. The van der Waals surface area contributed by atoms with E-state index in [0.29, 0.717) is 0 Å². The second kappa shape index (κ2) is 7.99. The van der Waals surface area contributed by atoms with Crippen LogP contribution in [0.15, 0.2) is 30.5 Å². The number of aryl methyl sites for hydroxylation is 1. The fourth-order valence-electron chi connectivity index (χ4n) is 2.58. The highest BCUT2D eigenvalue weighted by molar-refractivity contribution is 5.92. The smallest absolute Gasteiger partial charge is 0.321 e. The van der Waals surface area contributed by atoms with Gasteiger partial charge in [-0.05, 0) is 30.7 Å². The van der Waals surface area contributed by atoms with Crippen molar-refractivity contribution in [3.8, 4) is 0 Å². The van der Waals surface area contributed by atoms with E-state index in [9.17, 15) is 9.90 Å². The van der Waals surface area contributed by atoms with E-state index in [1.54, 1.807) is 7.05 Å². The summed E-state index contributed by atoms with van der Waals surface area (Å²) in [6.07, 6.45) is 2.45. The van der Waals surface area contributed by atoms with Crippen LogP contribution in [-0.4, -0.2) is 54.0 Å². The molecule has 2 amide bonds. The van der Waals surface area contributed by atoms with E-state index in [4.69, 9.17) is 4.74 Å². The van der Waals surface area contributed by atoms with Gasteiger partial charge in [-0.2, -0.15) is 0 Å². The van der Waals surface area contributed by atoms with Crippen LogP contribution in [0, 0.1) is 0 Å². The maximum atomic E-state index is 12.2. The Morgan fingerprint density at radius 3 is 2.91 bits per heavy atom. The molecule has 6 nitrogen and oxygen atoms in total. The molecule has 0 aliphatic heterocycles.